The van der Waals surface area contributed by atoms with Crippen LogP contribution in [0.2, 0.25) is 0 Å². The standard InChI is InChI=1S/C11H16/c1-3-5-7-9-11-10-8-6-4-2/h3-7,9,11H,1,8,10H2,2H3/b6-4+,7-5+,11-9-. The predicted octanol–water partition coefficient (Wildman–Crippen LogP) is 3.64. The van der Waals surface area contributed by atoms with E-state index in [1.54, 1.807) is 6.08 Å². The summed E-state index contributed by atoms with van der Waals surface area (Å²) in [5.74, 6) is 0. The Hall–Kier alpha value is -1.04. The third kappa shape index (κ3) is 8.96. The lowest BCUT2D eigenvalue weighted by atomic mass is 10.2. The molecule has 60 valence electrons. The van der Waals surface area contributed by atoms with Crippen LogP contribution >= 0.6 is 0 Å². The van der Waals surface area contributed by atoms with Crippen molar-refractivity contribution in [3.8, 4) is 0 Å². The minimum absolute atomic E-state index is 1.12. The molecule has 0 atom stereocenters. The van der Waals surface area contributed by atoms with E-state index in [0.717, 1.165) is 12.8 Å². The van der Waals surface area contributed by atoms with Crippen molar-refractivity contribution in [1.82, 2.24) is 0 Å². The third-order valence-corrected chi connectivity index (χ3v) is 1.23. The Morgan fingerprint density at radius 1 is 1.00 bits per heavy atom. The largest absolute Gasteiger partial charge is 0.0991 e. The first-order valence-corrected chi connectivity index (χ1v) is 3.97. The van der Waals surface area contributed by atoms with Gasteiger partial charge < -0.3 is 0 Å². The molecule has 0 radical (unpaired) electrons. The summed E-state index contributed by atoms with van der Waals surface area (Å²) in [6.07, 6.45) is 16.4. The van der Waals surface area contributed by atoms with Crippen molar-refractivity contribution in [3.63, 3.8) is 0 Å². The van der Waals surface area contributed by atoms with Crippen molar-refractivity contribution >= 4 is 0 Å². The fraction of sp³-hybridized carbons (Fsp3) is 0.273. The molecule has 11 heavy (non-hydrogen) atoms. The molecule has 0 aromatic rings. The van der Waals surface area contributed by atoms with Gasteiger partial charge in [-0.25, -0.2) is 0 Å². The molecular weight excluding hydrogens is 132 g/mol. The lowest BCUT2D eigenvalue weighted by Crippen LogP contribution is -1.62. The maximum Gasteiger partial charge on any atom is -0.0313 e. The van der Waals surface area contributed by atoms with Gasteiger partial charge in [0.05, 0.1) is 0 Å². The normalized spacial score (nSPS) is 12.1. The van der Waals surface area contributed by atoms with Crippen LogP contribution in [0, 0.1) is 0 Å². The molecule has 0 heteroatoms. The second kappa shape index (κ2) is 8.96. The minimum Gasteiger partial charge on any atom is -0.0991 e. The van der Waals surface area contributed by atoms with Crippen LogP contribution in [0.15, 0.2) is 49.1 Å². The minimum atomic E-state index is 1.12. The Morgan fingerprint density at radius 2 is 1.73 bits per heavy atom. The smallest absolute Gasteiger partial charge is 0.0313 e. The molecule has 0 rings (SSSR count). The highest BCUT2D eigenvalue weighted by Gasteiger charge is 1.72. The Bertz CT molecular complexity index is 159. The molecular formula is C11H16. The van der Waals surface area contributed by atoms with Gasteiger partial charge in [-0.1, -0.05) is 49.1 Å². The topological polar surface area (TPSA) is 0 Å². The summed E-state index contributed by atoms with van der Waals surface area (Å²) in [7, 11) is 0. The molecule has 0 aliphatic carbocycles. The molecule has 0 amide bonds. The van der Waals surface area contributed by atoms with Gasteiger partial charge >= 0.3 is 0 Å². The zero-order valence-electron chi connectivity index (χ0n) is 7.16. The van der Waals surface area contributed by atoms with E-state index < -0.39 is 0 Å². The van der Waals surface area contributed by atoms with Crippen LogP contribution in [0.5, 0.6) is 0 Å². The van der Waals surface area contributed by atoms with Gasteiger partial charge in [-0.05, 0) is 19.8 Å². The number of unbranched alkanes of at least 4 members (excludes halogenated alkanes) is 1. The first-order valence-electron chi connectivity index (χ1n) is 3.97. The van der Waals surface area contributed by atoms with Crippen molar-refractivity contribution in [2.24, 2.45) is 0 Å². The molecule has 0 heterocycles. The molecule has 0 saturated carbocycles. The number of hydrogen-bond donors (Lipinski definition) is 0. The molecule has 0 saturated heterocycles. The first kappa shape index (κ1) is 9.96. The van der Waals surface area contributed by atoms with Gasteiger partial charge in [0.15, 0.2) is 0 Å². The van der Waals surface area contributed by atoms with Gasteiger partial charge in [-0.2, -0.15) is 0 Å². The zero-order valence-corrected chi connectivity index (χ0v) is 7.16. The first-order chi connectivity index (χ1) is 5.41. The van der Waals surface area contributed by atoms with Crippen molar-refractivity contribution < 1.29 is 0 Å². The summed E-state index contributed by atoms with van der Waals surface area (Å²) < 4.78 is 0. The Morgan fingerprint density at radius 3 is 2.36 bits per heavy atom. The van der Waals surface area contributed by atoms with E-state index in [-0.39, 0.29) is 0 Å². The molecule has 0 aliphatic rings. The van der Waals surface area contributed by atoms with E-state index >= 15 is 0 Å². The summed E-state index contributed by atoms with van der Waals surface area (Å²) in [5.41, 5.74) is 0. The SMILES string of the molecule is C=C/C=C/C=C\CC/C=C/C. The molecule has 0 bridgehead atoms. The maximum atomic E-state index is 3.58. The average Bonchev–Trinajstić information content (AvgIpc) is 2.03. The van der Waals surface area contributed by atoms with Crippen molar-refractivity contribution in [2.75, 3.05) is 0 Å². The highest BCUT2D eigenvalue weighted by atomic mass is 13.8. The van der Waals surface area contributed by atoms with Crippen molar-refractivity contribution in [1.29, 1.82) is 0 Å². The van der Waals surface area contributed by atoms with Crippen LogP contribution in [-0.4, -0.2) is 0 Å². The quantitative estimate of drug-likeness (QED) is 0.317. The van der Waals surface area contributed by atoms with E-state index in [2.05, 4.69) is 24.8 Å². The lowest BCUT2D eigenvalue weighted by Gasteiger charge is -1.82. The van der Waals surface area contributed by atoms with Crippen LogP contribution in [0.4, 0.5) is 0 Å². The van der Waals surface area contributed by atoms with E-state index in [4.69, 9.17) is 0 Å². The van der Waals surface area contributed by atoms with E-state index in [0.29, 0.717) is 0 Å². The number of allylic oxidation sites excluding steroid dienone is 7. The van der Waals surface area contributed by atoms with E-state index in [1.165, 1.54) is 0 Å². The lowest BCUT2D eigenvalue weighted by molar-refractivity contribution is 1.05. The number of rotatable bonds is 5. The second-order valence-electron chi connectivity index (χ2n) is 2.20. The summed E-state index contributed by atoms with van der Waals surface area (Å²) in [6, 6.07) is 0. The van der Waals surface area contributed by atoms with Crippen LogP contribution in [0.25, 0.3) is 0 Å². The van der Waals surface area contributed by atoms with Crippen LogP contribution in [-0.2, 0) is 0 Å². The molecule has 0 fully saturated rings. The van der Waals surface area contributed by atoms with Gasteiger partial charge in [-0.15, -0.1) is 0 Å². The maximum absolute atomic E-state index is 3.58. The highest BCUT2D eigenvalue weighted by molar-refractivity contribution is 5.08. The third-order valence-electron chi connectivity index (χ3n) is 1.23. The monoisotopic (exact) mass is 148 g/mol. The fourth-order valence-corrected chi connectivity index (χ4v) is 0.677. The van der Waals surface area contributed by atoms with Crippen LogP contribution in [0.1, 0.15) is 19.8 Å². The Kier molecular flexibility index (Phi) is 8.11. The zero-order chi connectivity index (χ0) is 8.36. The summed E-state index contributed by atoms with van der Waals surface area (Å²) >= 11 is 0. The molecule has 0 spiro atoms. The Labute approximate surface area is 69.6 Å². The Balaban J connectivity index is 3.29. The van der Waals surface area contributed by atoms with Crippen LogP contribution < -0.4 is 0 Å². The second-order valence-corrected chi connectivity index (χ2v) is 2.20. The number of hydrogen-bond acceptors (Lipinski definition) is 0. The van der Waals surface area contributed by atoms with Gasteiger partial charge in [-0.3, -0.25) is 0 Å². The highest BCUT2D eigenvalue weighted by Crippen LogP contribution is 1.92. The van der Waals surface area contributed by atoms with Gasteiger partial charge in [0.25, 0.3) is 0 Å². The molecule has 0 aliphatic heterocycles. The van der Waals surface area contributed by atoms with Crippen molar-refractivity contribution in [2.45, 2.75) is 19.8 Å². The van der Waals surface area contributed by atoms with E-state index in [9.17, 15) is 0 Å². The molecule has 0 aromatic carbocycles. The predicted molar refractivity (Wildman–Crippen MR) is 52.5 cm³/mol. The van der Waals surface area contributed by atoms with Crippen molar-refractivity contribution in [3.05, 3.63) is 49.1 Å². The molecule has 0 nitrogen and oxygen atoms in total. The van der Waals surface area contributed by atoms with Gasteiger partial charge in [0.2, 0.25) is 0 Å². The summed E-state index contributed by atoms with van der Waals surface area (Å²) in [5, 5.41) is 0. The van der Waals surface area contributed by atoms with E-state index in [1.807, 2.05) is 25.2 Å². The molecule has 0 N–H and O–H groups in total. The van der Waals surface area contributed by atoms with Gasteiger partial charge in [0.1, 0.15) is 0 Å². The fourth-order valence-electron chi connectivity index (χ4n) is 0.677. The molecule has 0 aromatic heterocycles. The summed E-state index contributed by atoms with van der Waals surface area (Å²) in [4.78, 5) is 0. The van der Waals surface area contributed by atoms with Gasteiger partial charge in [0, 0.05) is 0 Å². The average molecular weight is 148 g/mol. The summed E-state index contributed by atoms with van der Waals surface area (Å²) in [6.45, 7) is 5.62. The van der Waals surface area contributed by atoms with Crippen LogP contribution in [0.3, 0.4) is 0 Å². The molecule has 0 unspecified atom stereocenters.